The molecule has 0 aliphatic heterocycles. The van der Waals surface area contributed by atoms with Gasteiger partial charge in [0, 0.05) is 30.8 Å². The topological polar surface area (TPSA) is 54.3 Å². The molecule has 0 spiro atoms. The van der Waals surface area contributed by atoms with E-state index in [2.05, 4.69) is 5.32 Å². The minimum Gasteiger partial charge on any atom is -0.332 e. The van der Waals surface area contributed by atoms with Crippen molar-refractivity contribution >= 4 is 28.8 Å². The lowest BCUT2D eigenvalue weighted by atomic mass is 10.2. The number of nitrogens with zero attached hydrogens (tertiary/aromatic N) is 2. The van der Waals surface area contributed by atoms with Gasteiger partial charge >= 0.3 is 0 Å². The third-order valence-corrected chi connectivity index (χ3v) is 4.35. The van der Waals surface area contributed by atoms with Crippen LogP contribution in [-0.2, 0) is 4.79 Å². The van der Waals surface area contributed by atoms with Crippen molar-refractivity contribution in [2.24, 2.45) is 0 Å². The molecule has 122 valence electrons. The first-order chi connectivity index (χ1) is 11.6. The molecule has 0 fully saturated rings. The first-order valence-corrected chi connectivity index (χ1v) is 8.34. The number of anilines is 1. The van der Waals surface area contributed by atoms with Crippen molar-refractivity contribution < 1.29 is 9.59 Å². The monoisotopic (exact) mass is 339 g/mol. The fraction of sp³-hybridized carbons (Fsp3) is 0.111. The van der Waals surface area contributed by atoms with Gasteiger partial charge in [-0.15, -0.1) is 11.3 Å². The van der Waals surface area contributed by atoms with Crippen LogP contribution in [0.1, 0.15) is 9.67 Å². The second-order valence-corrected chi connectivity index (χ2v) is 6.28. The Labute approximate surface area is 144 Å². The van der Waals surface area contributed by atoms with Gasteiger partial charge in [0.25, 0.3) is 5.91 Å². The molecule has 0 atom stereocenters. The standard InChI is InChI=1S/C18H17N3O2S/c1-20(18(23)16-8-5-11-24-16)13-17(22)19-14-6-4-7-15(12-14)21-9-2-3-10-21/h2-12H,13H2,1H3,(H,19,22). The van der Waals surface area contributed by atoms with E-state index in [9.17, 15) is 9.59 Å². The number of rotatable bonds is 5. The normalized spacial score (nSPS) is 10.4. The maximum Gasteiger partial charge on any atom is 0.264 e. The molecule has 0 aliphatic rings. The summed E-state index contributed by atoms with van der Waals surface area (Å²) >= 11 is 1.37. The molecule has 3 aromatic rings. The summed E-state index contributed by atoms with van der Waals surface area (Å²) in [6.45, 7) is 0.00445. The van der Waals surface area contributed by atoms with Gasteiger partial charge in [0.15, 0.2) is 0 Å². The molecule has 0 bridgehead atoms. The van der Waals surface area contributed by atoms with Crippen LogP contribution in [0.5, 0.6) is 0 Å². The number of likely N-dealkylation sites (N-methyl/N-ethyl adjacent to an activating group) is 1. The number of benzene rings is 1. The summed E-state index contributed by atoms with van der Waals surface area (Å²) in [5.41, 5.74) is 1.66. The van der Waals surface area contributed by atoms with Crippen molar-refractivity contribution in [3.8, 4) is 5.69 Å². The molecule has 0 saturated heterocycles. The van der Waals surface area contributed by atoms with Gasteiger partial charge in [0.05, 0.1) is 11.4 Å². The second kappa shape index (κ2) is 7.14. The summed E-state index contributed by atoms with van der Waals surface area (Å²) in [6, 6.07) is 15.0. The maximum absolute atomic E-state index is 12.2. The number of thiophene rings is 1. The van der Waals surface area contributed by atoms with Crippen molar-refractivity contribution in [1.29, 1.82) is 0 Å². The van der Waals surface area contributed by atoms with E-state index in [0.29, 0.717) is 10.6 Å². The molecular formula is C18H17N3O2S. The Kier molecular flexibility index (Phi) is 4.77. The van der Waals surface area contributed by atoms with Gasteiger partial charge in [-0.2, -0.15) is 0 Å². The quantitative estimate of drug-likeness (QED) is 0.776. The summed E-state index contributed by atoms with van der Waals surface area (Å²) in [6.07, 6.45) is 3.88. The minimum atomic E-state index is -0.230. The van der Waals surface area contributed by atoms with Gasteiger partial charge in [-0.05, 0) is 41.8 Å². The smallest absolute Gasteiger partial charge is 0.264 e. The largest absolute Gasteiger partial charge is 0.332 e. The van der Waals surface area contributed by atoms with Gasteiger partial charge in [-0.1, -0.05) is 12.1 Å². The molecule has 0 aliphatic carbocycles. The van der Waals surface area contributed by atoms with Crippen LogP contribution in [0.4, 0.5) is 5.69 Å². The molecule has 24 heavy (non-hydrogen) atoms. The lowest BCUT2D eigenvalue weighted by molar-refractivity contribution is -0.116. The van der Waals surface area contributed by atoms with Gasteiger partial charge in [-0.25, -0.2) is 0 Å². The molecule has 0 unspecified atom stereocenters. The Bertz CT molecular complexity index is 826. The molecule has 2 aromatic heterocycles. The maximum atomic E-state index is 12.2. The van der Waals surface area contributed by atoms with Crippen LogP contribution in [0.3, 0.4) is 0 Å². The average molecular weight is 339 g/mol. The van der Waals surface area contributed by atoms with Crippen molar-refractivity contribution in [2.45, 2.75) is 0 Å². The van der Waals surface area contributed by atoms with E-state index in [4.69, 9.17) is 0 Å². The molecule has 2 heterocycles. The lowest BCUT2D eigenvalue weighted by Gasteiger charge is -2.16. The summed E-state index contributed by atoms with van der Waals surface area (Å²) < 4.78 is 1.96. The molecule has 2 amide bonds. The number of aromatic nitrogens is 1. The lowest BCUT2D eigenvalue weighted by Crippen LogP contribution is -2.34. The highest BCUT2D eigenvalue weighted by atomic mass is 32.1. The molecule has 0 saturated carbocycles. The number of hydrogen-bond donors (Lipinski definition) is 1. The first-order valence-electron chi connectivity index (χ1n) is 7.46. The van der Waals surface area contributed by atoms with Crippen LogP contribution in [0.2, 0.25) is 0 Å². The van der Waals surface area contributed by atoms with Gasteiger partial charge in [-0.3, -0.25) is 9.59 Å². The third-order valence-electron chi connectivity index (χ3n) is 3.49. The van der Waals surface area contributed by atoms with Crippen molar-refractivity contribution in [3.63, 3.8) is 0 Å². The Balaban J connectivity index is 1.63. The molecule has 0 radical (unpaired) electrons. The van der Waals surface area contributed by atoms with Crippen LogP contribution in [0.25, 0.3) is 5.69 Å². The van der Waals surface area contributed by atoms with E-state index in [1.807, 2.05) is 64.8 Å². The van der Waals surface area contributed by atoms with E-state index >= 15 is 0 Å². The van der Waals surface area contributed by atoms with E-state index in [-0.39, 0.29) is 18.4 Å². The number of nitrogens with one attached hydrogen (secondary N) is 1. The number of amides is 2. The van der Waals surface area contributed by atoms with Crippen molar-refractivity contribution in [1.82, 2.24) is 9.47 Å². The second-order valence-electron chi connectivity index (χ2n) is 5.33. The van der Waals surface area contributed by atoms with Crippen molar-refractivity contribution in [2.75, 3.05) is 18.9 Å². The van der Waals surface area contributed by atoms with E-state index in [1.165, 1.54) is 16.2 Å². The zero-order valence-corrected chi connectivity index (χ0v) is 14.0. The van der Waals surface area contributed by atoms with E-state index in [1.54, 1.807) is 13.1 Å². The Morgan fingerprint density at radius 1 is 1.12 bits per heavy atom. The fourth-order valence-electron chi connectivity index (χ4n) is 2.33. The van der Waals surface area contributed by atoms with Crippen LogP contribution in [0.15, 0.2) is 66.3 Å². The molecule has 1 aromatic carbocycles. The minimum absolute atomic E-state index is 0.00445. The molecule has 5 nitrogen and oxygen atoms in total. The summed E-state index contributed by atoms with van der Waals surface area (Å²) in [5.74, 6) is -0.381. The van der Waals surface area contributed by atoms with Crippen LogP contribution in [0, 0.1) is 0 Å². The van der Waals surface area contributed by atoms with Gasteiger partial charge < -0.3 is 14.8 Å². The van der Waals surface area contributed by atoms with Gasteiger partial charge in [0.2, 0.25) is 5.91 Å². The molecular weight excluding hydrogens is 322 g/mol. The zero-order chi connectivity index (χ0) is 16.9. The van der Waals surface area contributed by atoms with Crippen molar-refractivity contribution in [3.05, 3.63) is 71.2 Å². The summed E-state index contributed by atoms with van der Waals surface area (Å²) in [5, 5.41) is 4.67. The molecule has 6 heteroatoms. The Hall–Kier alpha value is -2.86. The highest BCUT2D eigenvalue weighted by molar-refractivity contribution is 7.12. The highest BCUT2D eigenvalue weighted by Crippen LogP contribution is 2.15. The number of hydrogen-bond acceptors (Lipinski definition) is 3. The third kappa shape index (κ3) is 3.72. The predicted molar refractivity (Wildman–Crippen MR) is 95.7 cm³/mol. The van der Waals surface area contributed by atoms with Crippen LogP contribution < -0.4 is 5.32 Å². The Morgan fingerprint density at radius 3 is 2.62 bits per heavy atom. The van der Waals surface area contributed by atoms with Crippen LogP contribution >= 0.6 is 11.3 Å². The highest BCUT2D eigenvalue weighted by Gasteiger charge is 2.15. The first kappa shape index (κ1) is 16.0. The predicted octanol–water partition coefficient (Wildman–Crippen LogP) is 3.25. The summed E-state index contributed by atoms with van der Waals surface area (Å²) in [4.78, 5) is 26.4. The summed E-state index contributed by atoms with van der Waals surface area (Å²) in [7, 11) is 1.62. The Morgan fingerprint density at radius 2 is 1.92 bits per heavy atom. The number of carbonyl (C=O) groups is 2. The number of carbonyl (C=O) groups excluding carboxylic acids is 2. The SMILES string of the molecule is CN(CC(=O)Nc1cccc(-n2cccc2)c1)C(=O)c1cccs1. The zero-order valence-electron chi connectivity index (χ0n) is 13.2. The van der Waals surface area contributed by atoms with E-state index in [0.717, 1.165) is 5.69 Å². The van der Waals surface area contributed by atoms with E-state index < -0.39 is 0 Å². The average Bonchev–Trinajstić information content (AvgIpc) is 3.27. The fourth-order valence-corrected chi connectivity index (χ4v) is 3.04. The van der Waals surface area contributed by atoms with Crippen LogP contribution in [-0.4, -0.2) is 34.9 Å². The van der Waals surface area contributed by atoms with Gasteiger partial charge in [0.1, 0.15) is 0 Å². The molecule has 3 rings (SSSR count). The molecule has 1 N–H and O–H groups in total.